The standard InChI is InChI=1S/C11H14F3N/c1-8(15-2)11(13,14)7-9-5-3-4-6-10(9)12/h3-6,8,15H,7H2,1-2H3. The molecule has 1 rings (SSSR count). The van der Waals surface area contributed by atoms with Crippen LogP contribution in [-0.2, 0) is 6.42 Å². The SMILES string of the molecule is CNC(C)C(F)(F)Cc1ccccc1F. The fourth-order valence-corrected chi connectivity index (χ4v) is 1.26. The monoisotopic (exact) mass is 217 g/mol. The lowest BCUT2D eigenvalue weighted by Gasteiger charge is -2.23. The average molecular weight is 217 g/mol. The van der Waals surface area contributed by atoms with Gasteiger partial charge in [0.05, 0.1) is 6.04 Å². The van der Waals surface area contributed by atoms with E-state index >= 15 is 0 Å². The maximum Gasteiger partial charge on any atom is 0.266 e. The van der Waals surface area contributed by atoms with E-state index in [9.17, 15) is 13.2 Å². The highest BCUT2D eigenvalue weighted by atomic mass is 19.3. The lowest BCUT2D eigenvalue weighted by atomic mass is 10.0. The van der Waals surface area contributed by atoms with Crippen molar-refractivity contribution in [1.82, 2.24) is 5.32 Å². The zero-order valence-corrected chi connectivity index (χ0v) is 8.73. The van der Waals surface area contributed by atoms with E-state index in [1.165, 1.54) is 32.2 Å². The summed E-state index contributed by atoms with van der Waals surface area (Å²) in [4.78, 5) is 0. The van der Waals surface area contributed by atoms with E-state index in [1.807, 2.05) is 0 Å². The molecule has 1 atom stereocenters. The Hall–Kier alpha value is -1.03. The van der Waals surface area contributed by atoms with Gasteiger partial charge in [-0.1, -0.05) is 18.2 Å². The van der Waals surface area contributed by atoms with Gasteiger partial charge < -0.3 is 5.32 Å². The van der Waals surface area contributed by atoms with E-state index in [1.54, 1.807) is 6.07 Å². The molecule has 0 saturated heterocycles. The normalized spacial score (nSPS) is 13.9. The third-order valence-corrected chi connectivity index (χ3v) is 2.45. The van der Waals surface area contributed by atoms with Crippen molar-refractivity contribution in [3.05, 3.63) is 35.6 Å². The Bertz CT molecular complexity index is 325. The van der Waals surface area contributed by atoms with E-state index in [-0.39, 0.29) is 5.56 Å². The fraction of sp³-hybridized carbons (Fsp3) is 0.455. The second kappa shape index (κ2) is 4.66. The quantitative estimate of drug-likeness (QED) is 0.817. The van der Waals surface area contributed by atoms with Crippen molar-refractivity contribution in [2.45, 2.75) is 25.3 Å². The van der Waals surface area contributed by atoms with Crippen LogP contribution in [0.4, 0.5) is 13.2 Å². The third kappa shape index (κ3) is 2.96. The second-order valence-corrected chi connectivity index (χ2v) is 3.54. The van der Waals surface area contributed by atoms with Crippen LogP contribution in [0.25, 0.3) is 0 Å². The summed E-state index contributed by atoms with van der Waals surface area (Å²) >= 11 is 0. The molecule has 0 aliphatic carbocycles. The summed E-state index contributed by atoms with van der Waals surface area (Å²) in [5.41, 5.74) is 0.0459. The van der Waals surface area contributed by atoms with Crippen molar-refractivity contribution in [2.75, 3.05) is 7.05 Å². The van der Waals surface area contributed by atoms with Crippen molar-refractivity contribution in [3.63, 3.8) is 0 Å². The molecule has 0 bridgehead atoms. The van der Waals surface area contributed by atoms with Gasteiger partial charge in [0, 0.05) is 6.42 Å². The van der Waals surface area contributed by atoms with Gasteiger partial charge in [-0.05, 0) is 25.6 Å². The predicted molar refractivity (Wildman–Crippen MR) is 53.6 cm³/mol. The van der Waals surface area contributed by atoms with Crippen LogP contribution in [0, 0.1) is 5.82 Å². The van der Waals surface area contributed by atoms with Gasteiger partial charge >= 0.3 is 0 Å². The van der Waals surface area contributed by atoms with E-state index in [0.29, 0.717) is 0 Å². The predicted octanol–water partition coefficient (Wildman–Crippen LogP) is 2.61. The maximum absolute atomic E-state index is 13.5. The Kier molecular flexibility index (Phi) is 3.74. The molecule has 0 aliphatic rings. The molecule has 84 valence electrons. The molecule has 1 aromatic rings. The molecule has 1 unspecified atom stereocenters. The molecule has 1 nitrogen and oxygen atoms in total. The molecule has 0 aromatic heterocycles. The summed E-state index contributed by atoms with van der Waals surface area (Å²) in [6.07, 6.45) is -0.582. The maximum atomic E-state index is 13.5. The number of hydrogen-bond donors (Lipinski definition) is 1. The fourth-order valence-electron chi connectivity index (χ4n) is 1.26. The van der Waals surface area contributed by atoms with Gasteiger partial charge in [0.15, 0.2) is 0 Å². The van der Waals surface area contributed by atoms with Crippen molar-refractivity contribution in [1.29, 1.82) is 0 Å². The summed E-state index contributed by atoms with van der Waals surface area (Å²) in [5.74, 6) is -3.53. The van der Waals surface area contributed by atoms with Crippen LogP contribution in [0.2, 0.25) is 0 Å². The lowest BCUT2D eigenvalue weighted by Crippen LogP contribution is -2.42. The Morgan fingerprint density at radius 2 is 1.93 bits per heavy atom. The van der Waals surface area contributed by atoms with Gasteiger partial charge in [0.2, 0.25) is 0 Å². The first-order valence-electron chi connectivity index (χ1n) is 4.76. The number of alkyl halides is 2. The first-order chi connectivity index (χ1) is 6.97. The molecule has 0 amide bonds. The molecule has 4 heteroatoms. The molecule has 0 spiro atoms. The molecular formula is C11H14F3N. The van der Waals surface area contributed by atoms with Crippen molar-refractivity contribution < 1.29 is 13.2 Å². The van der Waals surface area contributed by atoms with Crippen LogP contribution >= 0.6 is 0 Å². The molecule has 1 N–H and O–H groups in total. The average Bonchev–Trinajstić information content (AvgIpc) is 2.20. The number of benzene rings is 1. The summed E-state index contributed by atoms with van der Waals surface area (Å²) < 4.78 is 40.0. The summed E-state index contributed by atoms with van der Waals surface area (Å²) in [5, 5.41) is 2.47. The minimum Gasteiger partial charge on any atom is -0.312 e. The highest BCUT2D eigenvalue weighted by molar-refractivity contribution is 5.19. The van der Waals surface area contributed by atoms with Gasteiger partial charge in [-0.3, -0.25) is 0 Å². The topological polar surface area (TPSA) is 12.0 Å². The van der Waals surface area contributed by atoms with E-state index in [0.717, 1.165) is 0 Å². The molecule has 0 saturated carbocycles. The Labute approximate surface area is 87.3 Å². The molecule has 15 heavy (non-hydrogen) atoms. The van der Waals surface area contributed by atoms with Gasteiger partial charge in [0.25, 0.3) is 5.92 Å². The molecule has 0 radical (unpaired) electrons. The Morgan fingerprint density at radius 1 is 1.33 bits per heavy atom. The molecule has 0 fully saturated rings. The first-order valence-corrected chi connectivity index (χ1v) is 4.76. The van der Waals surface area contributed by atoms with Crippen LogP contribution in [0.15, 0.2) is 24.3 Å². The zero-order valence-electron chi connectivity index (χ0n) is 8.73. The number of rotatable bonds is 4. The van der Waals surface area contributed by atoms with Crippen LogP contribution in [-0.4, -0.2) is 19.0 Å². The zero-order chi connectivity index (χ0) is 11.5. The van der Waals surface area contributed by atoms with Gasteiger partial charge in [0.1, 0.15) is 5.82 Å². The summed E-state index contributed by atoms with van der Waals surface area (Å²) in [6, 6.07) is 4.63. The van der Waals surface area contributed by atoms with Crippen molar-refractivity contribution in [2.24, 2.45) is 0 Å². The highest BCUT2D eigenvalue weighted by Crippen LogP contribution is 2.25. The molecule has 0 heterocycles. The van der Waals surface area contributed by atoms with E-state index in [4.69, 9.17) is 0 Å². The van der Waals surface area contributed by atoms with Crippen LogP contribution in [0.1, 0.15) is 12.5 Å². The van der Waals surface area contributed by atoms with E-state index < -0.39 is 24.2 Å². The van der Waals surface area contributed by atoms with Gasteiger partial charge in [-0.25, -0.2) is 13.2 Å². The Balaban J connectivity index is 2.81. The summed E-state index contributed by atoms with van der Waals surface area (Å²) in [7, 11) is 1.46. The largest absolute Gasteiger partial charge is 0.312 e. The van der Waals surface area contributed by atoms with Crippen molar-refractivity contribution in [3.8, 4) is 0 Å². The molecule has 1 aromatic carbocycles. The smallest absolute Gasteiger partial charge is 0.266 e. The van der Waals surface area contributed by atoms with Crippen LogP contribution in [0.5, 0.6) is 0 Å². The van der Waals surface area contributed by atoms with Crippen LogP contribution < -0.4 is 5.32 Å². The van der Waals surface area contributed by atoms with Gasteiger partial charge in [-0.2, -0.15) is 0 Å². The second-order valence-electron chi connectivity index (χ2n) is 3.54. The highest BCUT2D eigenvalue weighted by Gasteiger charge is 2.36. The first kappa shape index (κ1) is 12.0. The van der Waals surface area contributed by atoms with Crippen molar-refractivity contribution >= 4 is 0 Å². The molecular weight excluding hydrogens is 203 g/mol. The van der Waals surface area contributed by atoms with Crippen LogP contribution in [0.3, 0.4) is 0 Å². The third-order valence-electron chi connectivity index (χ3n) is 2.45. The Morgan fingerprint density at radius 3 is 2.47 bits per heavy atom. The minimum atomic E-state index is -2.95. The summed E-state index contributed by atoms with van der Waals surface area (Å²) in [6.45, 7) is 1.38. The number of nitrogens with one attached hydrogen (secondary N) is 1. The molecule has 0 aliphatic heterocycles. The van der Waals surface area contributed by atoms with Gasteiger partial charge in [-0.15, -0.1) is 0 Å². The lowest BCUT2D eigenvalue weighted by molar-refractivity contribution is -0.0292. The minimum absolute atomic E-state index is 0.0459. The van der Waals surface area contributed by atoms with E-state index in [2.05, 4.69) is 5.32 Å². The number of hydrogen-bond acceptors (Lipinski definition) is 1. The number of halogens is 3.